The van der Waals surface area contributed by atoms with Crippen LogP contribution >= 0.6 is 12.2 Å². The molecule has 0 unspecified atom stereocenters. The van der Waals surface area contributed by atoms with Gasteiger partial charge in [-0.15, -0.1) is 0 Å². The van der Waals surface area contributed by atoms with Crippen molar-refractivity contribution in [3.8, 4) is 0 Å². The van der Waals surface area contributed by atoms with Crippen LogP contribution in [-0.2, 0) is 0 Å². The third-order valence-electron chi connectivity index (χ3n) is 3.88. The summed E-state index contributed by atoms with van der Waals surface area (Å²) in [6.07, 6.45) is 4.88. The van der Waals surface area contributed by atoms with Crippen LogP contribution in [0.3, 0.4) is 0 Å². The monoisotopic (exact) mass is 242 g/mol. The number of nitrogens with zero attached hydrogens (tertiary/aromatic N) is 2. The van der Waals surface area contributed by atoms with Gasteiger partial charge in [-0.25, -0.2) is 0 Å². The smallest absolute Gasteiger partial charge is 0.166 e. The summed E-state index contributed by atoms with van der Waals surface area (Å²) in [5.41, 5.74) is 11.6. The first kappa shape index (κ1) is 12.1. The third kappa shape index (κ3) is 2.84. The Morgan fingerprint density at radius 1 is 1.00 bits per heavy atom. The molecule has 2 fully saturated rings. The molecule has 0 aromatic carbocycles. The minimum atomic E-state index is 0.439. The van der Waals surface area contributed by atoms with Crippen molar-refractivity contribution in [3.63, 3.8) is 0 Å². The van der Waals surface area contributed by atoms with Gasteiger partial charge in [0.2, 0.25) is 0 Å². The van der Waals surface area contributed by atoms with Crippen molar-refractivity contribution in [2.24, 2.45) is 11.5 Å². The molecule has 4 N–H and O–H groups in total. The van der Waals surface area contributed by atoms with Crippen molar-refractivity contribution >= 4 is 17.3 Å². The SMILES string of the molecule is NC(=S)N1CCN(C2CCC(N)CC2)CC1. The number of nitrogens with two attached hydrogens (primary N) is 2. The summed E-state index contributed by atoms with van der Waals surface area (Å²) in [7, 11) is 0. The predicted molar refractivity (Wildman–Crippen MR) is 70.2 cm³/mol. The average molecular weight is 242 g/mol. The second-order valence-corrected chi connectivity index (χ2v) is 5.35. The largest absolute Gasteiger partial charge is 0.376 e. The van der Waals surface area contributed by atoms with E-state index in [-0.39, 0.29) is 0 Å². The molecule has 0 amide bonds. The van der Waals surface area contributed by atoms with E-state index < -0.39 is 0 Å². The highest BCUT2D eigenvalue weighted by molar-refractivity contribution is 7.80. The van der Waals surface area contributed by atoms with Crippen LogP contribution in [0.25, 0.3) is 0 Å². The van der Waals surface area contributed by atoms with Crippen molar-refractivity contribution in [2.75, 3.05) is 26.2 Å². The zero-order valence-electron chi connectivity index (χ0n) is 9.77. The van der Waals surface area contributed by atoms with E-state index in [0.29, 0.717) is 11.2 Å². The molecule has 92 valence electrons. The van der Waals surface area contributed by atoms with Gasteiger partial charge in [0.05, 0.1) is 0 Å². The quantitative estimate of drug-likeness (QED) is 0.640. The molecule has 0 atom stereocenters. The third-order valence-corrected chi connectivity index (χ3v) is 4.14. The Morgan fingerprint density at radius 3 is 2.06 bits per heavy atom. The van der Waals surface area contributed by atoms with Gasteiger partial charge in [0.15, 0.2) is 5.11 Å². The fourth-order valence-corrected chi connectivity index (χ4v) is 2.96. The van der Waals surface area contributed by atoms with Crippen LogP contribution in [0, 0.1) is 0 Å². The summed E-state index contributed by atoms with van der Waals surface area (Å²) >= 11 is 4.99. The minimum absolute atomic E-state index is 0.439. The standard InChI is InChI=1S/C11H22N4S/c12-9-1-3-10(4-2-9)14-5-7-15(8-6-14)11(13)16/h9-10H,1-8,12H2,(H2,13,16). The van der Waals surface area contributed by atoms with Gasteiger partial charge in [0.25, 0.3) is 0 Å². The van der Waals surface area contributed by atoms with Crippen LogP contribution in [0.5, 0.6) is 0 Å². The fourth-order valence-electron chi connectivity index (χ4n) is 2.77. The highest BCUT2D eigenvalue weighted by atomic mass is 32.1. The zero-order valence-corrected chi connectivity index (χ0v) is 10.6. The van der Waals surface area contributed by atoms with Crippen molar-refractivity contribution in [1.29, 1.82) is 0 Å². The van der Waals surface area contributed by atoms with E-state index in [1.54, 1.807) is 0 Å². The molecule has 1 saturated carbocycles. The lowest BCUT2D eigenvalue weighted by molar-refractivity contribution is 0.104. The number of piperazine rings is 1. The Morgan fingerprint density at radius 2 is 1.56 bits per heavy atom. The van der Waals surface area contributed by atoms with E-state index in [9.17, 15) is 0 Å². The van der Waals surface area contributed by atoms with Crippen LogP contribution in [0.15, 0.2) is 0 Å². The van der Waals surface area contributed by atoms with Gasteiger partial charge in [-0.3, -0.25) is 4.90 Å². The molecule has 0 radical (unpaired) electrons. The van der Waals surface area contributed by atoms with Crippen molar-refractivity contribution in [3.05, 3.63) is 0 Å². The first-order valence-electron chi connectivity index (χ1n) is 6.21. The van der Waals surface area contributed by atoms with Crippen molar-refractivity contribution in [2.45, 2.75) is 37.8 Å². The van der Waals surface area contributed by atoms with Crippen LogP contribution in [0.4, 0.5) is 0 Å². The summed E-state index contributed by atoms with van der Waals surface area (Å²) in [6.45, 7) is 4.16. The fraction of sp³-hybridized carbons (Fsp3) is 0.909. The van der Waals surface area contributed by atoms with Gasteiger partial charge in [-0.1, -0.05) is 0 Å². The van der Waals surface area contributed by atoms with Crippen molar-refractivity contribution in [1.82, 2.24) is 9.80 Å². The van der Waals surface area contributed by atoms with E-state index in [0.717, 1.165) is 32.2 Å². The van der Waals surface area contributed by atoms with Gasteiger partial charge in [0.1, 0.15) is 0 Å². The molecule has 4 nitrogen and oxygen atoms in total. The Bertz CT molecular complexity index is 242. The van der Waals surface area contributed by atoms with Crippen molar-refractivity contribution < 1.29 is 0 Å². The molecule has 0 aromatic rings. The molecular formula is C11H22N4S. The lowest BCUT2D eigenvalue weighted by Crippen LogP contribution is -2.54. The van der Waals surface area contributed by atoms with Crippen LogP contribution in [0.1, 0.15) is 25.7 Å². The molecule has 2 aliphatic rings. The van der Waals surface area contributed by atoms with Crippen LogP contribution in [0.2, 0.25) is 0 Å². The number of rotatable bonds is 1. The normalized spacial score (nSPS) is 32.7. The van der Waals surface area contributed by atoms with Gasteiger partial charge in [-0.05, 0) is 37.9 Å². The molecule has 0 spiro atoms. The van der Waals surface area contributed by atoms with Gasteiger partial charge in [0, 0.05) is 38.3 Å². The Kier molecular flexibility index (Phi) is 4.00. The van der Waals surface area contributed by atoms with E-state index in [2.05, 4.69) is 9.80 Å². The first-order valence-corrected chi connectivity index (χ1v) is 6.61. The Hall–Kier alpha value is -0.390. The molecule has 5 heteroatoms. The number of hydrogen-bond acceptors (Lipinski definition) is 3. The molecule has 0 aromatic heterocycles. The summed E-state index contributed by atoms with van der Waals surface area (Å²) in [4.78, 5) is 4.68. The molecule has 16 heavy (non-hydrogen) atoms. The maximum atomic E-state index is 5.93. The van der Waals surface area contributed by atoms with Gasteiger partial charge in [-0.2, -0.15) is 0 Å². The molecular weight excluding hydrogens is 220 g/mol. The van der Waals surface area contributed by atoms with E-state index in [4.69, 9.17) is 23.7 Å². The Balaban J connectivity index is 1.78. The van der Waals surface area contributed by atoms with E-state index in [1.807, 2.05) is 0 Å². The summed E-state index contributed by atoms with van der Waals surface area (Å²) < 4.78 is 0. The highest BCUT2D eigenvalue weighted by Gasteiger charge is 2.27. The molecule has 1 aliphatic heterocycles. The molecule has 1 aliphatic carbocycles. The maximum Gasteiger partial charge on any atom is 0.166 e. The lowest BCUT2D eigenvalue weighted by atomic mass is 9.90. The van der Waals surface area contributed by atoms with E-state index in [1.165, 1.54) is 25.7 Å². The van der Waals surface area contributed by atoms with Gasteiger partial charge < -0.3 is 16.4 Å². The Labute approximate surface area is 103 Å². The van der Waals surface area contributed by atoms with Crippen LogP contribution in [-0.4, -0.2) is 53.2 Å². The number of thiocarbonyl (C=S) groups is 1. The number of hydrogen-bond donors (Lipinski definition) is 2. The summed E-state index contributed by atoms with van der Waals surface area (Å²) in [5, 5.41) is 0.547. The molecule has 1 heterocycles. The van der Waals surface area contributed by atoms with Gasteiger partial charge >= 0.3 is 0 Å². The van der Waals surface area contributed by atoms with E-state index >= 15 is 0 Å². The second kappa shape index (κ2) is 5.29. The molecule has 0 bridgehead atoms. The highest BCUT2D eigenvalue weighted by Crippen LogP contribution is 2.22. The lowest BCUT2D eigenvalue weighted by Gasteiger charge is -2.41. The predicted octanol–water partition coefficient (Wildman–Crippen LogP) is 0.118. The minimum Gasteiger partial charge on any atom is -0.376 e. The summed E-state index contributed by atoms with van der Waals surface area (Å²) in [5.74, 6) is 0. The topological polar surface area (TPSA) is 58.5 Å². The average Bonchev–Trinajstić information content (AvgIpc) is 2.30. The molecule has 1 saturated heterocycles. The zero-order chi connectivity index (χ0) is 11.5. The second-order valence-electron chi connectivity index (χ2n) is 4.93. The maximum absolute atomic E-state index is 5.93. The molecule has 2 rings (SSSR count). The summed E-state index contributed by atoms with van der Waals surface area (Å²) in [6, 6.07) is 1.18. The van der Waals surface area contributed by atoms with Crippen LogP contribution < -0.4 is 11.5 Å². The first-order chi connectivity index (χ1) is 7.66.